The summed E-state index contributed by atoms with van der Waals surface area (Å²) in [6.45, 7) is 2.86. The Morgan fingerprint density at radius 1 is 1.16 bits per heavy atom. The quantitative estimate of drug-likeness (QED) is 0.481. The third-order valence-corrected chi connectivity index (χ3v) is 5.68. The number of H-pyrrole nitrogens is 1. The first kappa shape index (κ1) is 20.2. The van der Waals surface area contributed by atoms with Gasteiger partial charge in [-0.15, -0.1) is 0 Å². The van der Waals surface area contributed by atoms with Crippen LogP contribution in [0.1, 0.15) is 28.9 Å². The molecule has 32 heavy (non-hydrogen) atoms. The van der Waals surface area contributed by atoms with Crippen molar-refractivity contribution in [2.45, 2.75) is 25.5 Å². The van der Waals surface area contributed by atoms with Crippen molar-refractivity contribution < 1.29 is 9.53 Å². The molecular weight excluding hydrogens is 402 g/mol. The third kappa shape index (κ3) is 4.78. The molecule has 3 heterocycles. The van der Waals surface area contributed by atoms with Gasteiger partial charge in [0.2, 0.25) is 0 Å². The van der Waals surface area contributed by atoms with Crippen LogP contribution in [0.25, 0.3) is 10.9 Å². The zero-order valence-corrected chi connectivity index (χ0v) is 17.7. The number of nitrogens with one attached hydrogen (secondary N) is 2. The lowest BCUT2D eigenvalue weighted by Crippen LogP contribution is -2.40. The number of hydrogen-bond acceptors (Lipinski definition) is 5. The van der Waals surface area contributed by atoms with Gasteiger partial charge in [0.15, 0.2) is 0 Å². The largest absolute Gasteiger partial charge is 0.489 e. The minimum Gasteiger partial charge on any atom is -0.489 e. The Bertz CT molecular complexity index is 1210. The van der Waals surface area contributed by atoms with Gasteiger partial charge in [-0.25, -0.2) is 0 Å². The number of hydrogen-bond donors (Lipinski definition) is 2. The molecule has 162 valence electrons. The van der Waals surface area contributed by atoms with Crippen molar-refractivity contribution >= 4 is 22.5 Å². The summed E-state index contributed by atoms with van der Waals surface area (Å²) in [6, 6.07) is 19.6. The molecule has 1 amide bonds. The number of nitrogens with zero attached hydrogens (tertiary/aromatic N) is 3. The van der Waals surface area contributed by atoms with Gasteiger partial charge in [-0.1, -0.05) is 30.3 Å². The number of ether oxygens (including phenoxy) is 1. The van der Waals surface area contributed by atoms with Crippen molar-refractivity contribution in [3.05, 3.63) is 84.3 Å². The minimum atomic E-state index is -0.271. The van der Waals surface area contributed by atoms with Crippen LogP contribution in [0, 0.1) is 0 Å². The summed E-state index contributed by atoms with van der Waals surface area (Å²) in [6.07, 6.45) is 5.53. The fourth-order valence-electron chi connectivity index (χ4n) is 4.11. The average Bonchev–Trinajstić information content (AvgIpc) is 3.28. The number of piperidine rings is 1. The van der Waals surface area contributed by atoms with Gasteiger partial charge in [-0.2, -0.15) is 5.10 Å². The molecule has 2 N–H and O–H groups in total. The number of likely N-dealkylation sites (tertiary alicyclic amines) is 1. The first-order chi connectivity index (χ1) is 15.7. The molecule has 1 saturated heterocycles. The van der Waals surface area contributed by atoms with Crippen LogP contribution in [0.2, 0.25) is 0 Å². The Morgan fingerprint density at radius 3 is 2.97 bits per heavy atom. The Kier molecular flexibility index (Phi) is 5.81. The number of aromatic amines is 1. The highest BCUT2D eigenvalue weighted by Crippen LogP contribution is 2.21. The smallest absolute Gasteiger partial charge is 0.274 e. The Hall–Kier alpha value is -3.71. The van der Waals surface area contributed by atoms with Crippen LogP contribution in [-0.4, -0.2) is 45.2 Å². The Labute approximate surface area is 186 Å². The normalized spacial score (nSPS) is 16.7. The number of carbonyl (C=O) groups excluding carboxylic acids is 1. The highest BCUT2D eigenvalue weighted by molar-refractivity contribution is 6.03. The van der Waals surface area contributed by atoms with E-state index < -0.39 is 0 Å². The molecular formula is C25H25N5O2. The lowest BCUT2D eigenvalue weighted by Gasteiger charge is -2.33. The van der Waals surface area contributed by atoms with Crippen molar-refractivity contribution in [3.63, 3.8) is 0 Å². The summed E-state index contributed by atoms with van der Waals surface area (Å²) >= 11 is 0. The molecule has 2 aromatic heterocycles. The molecule has 0 spiro atoms. The molecule has 2 aromatic carbocycles. The van der Waals surface area contributed by atoms with Gasteiger partial charge in [0.05, 0.1) is 11.7 Å². The number of aromatic nitrogens is 3. The van der Waals surface area contributed by atoms with E-state index in [2.05, 4.69) is 49.7 Å². The number of anilines is 1. The third-order valence-electron chi connectivity index (χ3n) is 5.68. The van der Waals surface area contributed by atoms with E-state index in [0.717, 1.165) is 43.4 Å². The van der Waals surface area contributed by atoms with E-state index in [1.807, 2.05) is 30.3 Å². The van der Waals surface area contributed by atoms with Crippen molar-refractivity contribution in [3.8, 4) is 5.75 Å². The predicted octanol–water partition coefficient (Wildman–Crippen LogP) is 4.25. The van der Waals surface area contributed by atoms with Crippen molar-refractivity contribution in [1.29, 1.82) is 0 Å². The highest BCUT2D eigenvalue weighted by Gasteiger charge is 2.22. The first-order valence-electron chi connectivity index (χ1n) is 10.9. The fourth-order valence-corrected chi connectivity index (χ4v) is 4.11. The molecule has 0 saturated carbocycles. The van der Waals surface area contributed by atoms with Crippen molar-refractivity contribution in [2.75, 3.05) is 18.4 Å². The fraction of sp³-hybridized carbons (Fsp3) is 0.240. The Balaban J connectivity index is 1.22. The van der Waals surface area contributed by atoms with E-state index >= 15 is 0 Å². The van der Waals surface area contributed by atoms with E-state index in [9.17, 15) is 4.79 Å². The highest BCUT2D eigenvalue weighted by atomic mass is 16.5. The molecule has 1 atom stereocenters. The van der Waals surface area contributed by atoms with Crippen LogP contribution in [0.5, 0.6) is 5.75 Å². The van der Waals surface area contributed by atoms with Gasteiger partial charge in [-0.05, 0) is 49.2 Å². The monoisotopic (exact) mass is 427 g/mol. The molecule has 1 aliphatic heterocycles. The second-order valence-electron chi connectivity index (χ2n) is 8.11. The van der Waals surface area contributed by atoms with Gasteiger partial charge in [-0.3, -0.25) is 19.8 Å². The molecule has 1 unspecified atom stereocenters. The van der Waals surface area contributed by atoms with E-state index in [0.29, 0.717) is 17.1 Å². The summed E-state index contributed by atoms with van der Waals surface area (Å²) in [4.78, 5) is 19.4. The van der Waals surface area contributed by atoms with Crippen LogP contribution < -0.4 is 10.1 Å². The van der Waals surface area contributed by atoms with Crippen LogP contribution in [-0.2, 0) is 6.54 Å². The van der Waals surface area contributed by atoms with Gasteiger partial charge in [0.1, 0.15) is 17.5 Å². The van der Waals surface area contributed by atoms with Crippen LogP contribution in [0.4, 0.5) is 5.69 Å². The van der Waals surface area contributed by atoms with Gasteiger partial charge in [0.25, 0.3) is 5.91 Å². The first-order valence-corrected chi connectivity index (χ1v) is 10.9. The number of benzene rings is 2. The van der Waals surface area contributed by atoms with Crippen LogP contribution in [0.3, 0.4) is 0 Å². The maximum atomic E-state index is 12.7. The summed E-state index contributed by atoms with van der Waals surface area (Å²) < 4.78 is 6.24. The lowest BCUT2D eigenvalue weighted by molar-refractivity contribution is 0.0839. The van der Waals surface area contributed by atoms with E-state index in [1.54, 1.807) is 18.5 Å². The van der Waals surface area contributed by atoms with Crippen LogP contribution >= 0.6 is 0 Å². The molecule has 0 bridgehead atoms. The van der Waals surface area contributed by atoms with E-state index in [4.69, 9.17) is 4.74 Å². The summed E-state index contributed by atoms with van der Waals surface area (Å²) in [5.74, 6) is 0.398. The maximum absolute atomic E-state index is 12.7. The van der Waals surface area contributed by atoms with Gasteiger partial charge >= 0.3 is 0 Å². The van der Waals surface area contributed by atoms with Gasteiger partial charge in [0, 0.05) is 36.4 Å². The molecule has 7 heteroatoms. The molecule has 0 aliphatic carbocycles. The molecule has 0 radical (unpaired) electrons. The lowest BCUT2D eigenvalue weighted by atomic mass is 10.1. The summed E-state index contributed by atoms with van der Waals surface area (Å²) in [7, 11) is 0. The number of amides is 1. The molecule has 1 aliphatic rings. The number of pyridine rings is 1. The zero-order valence-electron chi connectivity index (χ0n) is 17.7. The predicted molar refractivity (Wildman–Crippen MR) is 124 cm³/mol. The SMILES string of the molecule is O=C(Nc1ccc2[nH]ncc2c1)c1cc(OC2CCCN(Cc3ccccc3)C2)ccn1. The maximum Gasteiger partial charge on any atom is 0.274 e. The second kappa shape index (κ2) is 9.20. The Morgan fingerprint density at radius 2 is 2.06 bits per heavy atom. The number of rotatable bonds is 6. The van der Waals surface area contributed by atoms with Gasteiger partial charge < -0.3 is 10.1 Å². The minimum absolute atomic E-state index is 0.0919. The average molecular weight is 428 g/mol. The number of carbonyl (C=O) groups is 1. The molecule has 1 fully saturated rings. The van der Waals surface area contributed by atoms with Crippen molar-refractivity contribution in [1.82, 2.24) is 20.1 Å². The second-order valence-corrected chi connectivity index (χ2v) is 8.11. The summed E-state index contributed by atoms with van der Waals surface area (Å²) in [5, 5.41) is 10.7. The van der Waals surface area contributed by atoms with E-state index in [-0.39, 0.29) is 12.0 Å². The summed E-state index contributed by atoms with van der Waals surface area (Å²) in [5.41, 5.74) is 3.25. The number of fused-ring (bicyclic) bond motifs is 1. The van der Waals surface area contributed by atoms with E-state index in [1.165, 1.54) is 5.56 Å². The topological polar surface area (TPSA) is 83.1 Å². The standard InChI is InChI=1S/C25H25N5O2/c31-25(28-20-8-9-23-19(13-20)15-27-29-23)24-14-21(10-11-26-24)32-22-7-4-12-30(17-22)16-18-5-2-1-3-6-18/h1-3,5-6,8-11,13-15,22H,4,7,12,16-17H2,(H,27,29)(H,28,31). The molecule has 7 nitrogen and oxygen atoms in total. The zero-order chi connectivity index (χ0) is 21.8. The molecule has 5 rings (SSSR count). The van der Waals surface area contributed by atoms with Crippen LogP contribution in [0.15, 0.2) is 73.1 Å². The molecule has 4 aromatic rings. The van der Waals surface area contributed by atoms with Crippen molar-refractivity contribution in [2.24, 2.45) is 0 Å².